The molecule has 1 aliphatic rings. The highest BCUT2D eigenvalue weighted by atomic mass is 16.4. The van der Waals surface area contributed by atoms with Gasteiger partial charge in [-0.2, -0.15) is 5.10 Å². The van der Waals surface area contributed by atoms with Crippen molar-refractivity contribution in [2.75, 3.05) is 6.54 Å². The molecular weight excluding hydrogens is 302 g/mol. The van der Waals surface area contributed by atoms with E-state index in [-0.39, 0.29) is 6.04 Å². The molecule has 0 saturated carbocycles. The standard InChI is InChI=1S/C18H21N5O/c1-14(17-20-21-18(24-17)15-7-3-2-4-8-15)23-12-5-9-16(23)13-22-11-6-10-19-22/h2-4,6-8,10-11,14,16H,5,9,12-13H2,1H3. The number of nitrogens with zero attached hydrogens (tertiary/aromatic N) is 5. The van der Waals surface area contributed by atoms with Crippen LogP contribution in [0, 0.1) is 0 Å². The Hall–Kier alpha value is -2.47. The van der Waals surface area contributed by atoms with Gasteiger partial charge in [-0.1, -0.05) is 18.2 Å². The van der Waals surface area contributed by atoms with Crippen molar-refractivity contribution in [2.45, 2.75) is 38.4 Å². The Kier molecular flexibility index (Phi) is 4.13. The molecule has 1 saturated heterocycles. The van der Waals surface area contributed by atoms with Gasteiger partial charge in [-0.05, 0) is 44.5 Å². The summed E-state index contributed by atoms with van der Waals surface area (Å²) in [4.78, 5) is 2.45. The van der Waals surface area contributed by atoms with Crippen molar-refractivity contribution in [1.29, 1.82) is 0 Å². The summed E-state index contributed by atoms with van der Waals surface area (Å²) in [6, 6.07) is 12.4. The molecule has 2 aromatic heterocycles. The van der Waals surface area contributed by atoms with Crippen molar-refractivity contribution in [3.63, 3.8) is 0 Å². The zero-order valence-electron chi connectivity index (χ0n) is 13.7. The van der Waals surface area contributed by atoms with Crippen molar-refractivity contribution in [1.82, 2.24) is 24.9 Å². The average molecular weight is 323 g/mol. The highest BCUT2D eigenvalue weighted by Crippen LogP contribution is 2.30. The van der Waals surface area contributed by atoms with Crippen LogP contribution in [0.2, 0.25) is 0 Å². The zero-order valence-corrected chi connectivity index (χ0v) is 13.7. The molecule has 1 aliphatic heterocycles. The summed E-state index contributed by atoms with van der Waals surface area (Å²) in [7, 11) is 0. The molecule has 0 aliphatic carbocycles. The van der Waals surface area contributed by atoms with Crippen LogP contribution >= 0.6 is 0 Å². The lowest BCUT2D eigenvalue weighted by molar-refractivity contribution is 0.152. The molecule has 0 N–H and O–H groups in total. The minimum Gasteiger partial charge on any atom is -0.419 e. The molecule has 3 heterocycles. The molecule has 2 atom stereocenters. The molecule has 4 rings (SSSR count). The van der Waals surface area contributed by atoms with Crippen LogP contribution in [0.4, 0.5) is 0 Å². The lowest BCUT2D eigenvalue weighted by atomic mass is 10.2. The fraction of sp³-hybridized carbons (Fsp3) is 0.389. The van der Waals surface area contributed by atoms with Gasteiger partial charge in [-0.15, -0.1) is 10.2 Å². The van der Waals surface area contributed by atoms with Crippen molar-refractivity contribution in [2.24, 2.45) is 0 Å². The van der Waals surface area contributed by atoms with E-state index in [1.807, 2.05) is 53.5 Å². The van der Waals surface area contributed by atoms with Crippen molar-refractivity contribution in [3.8, 4) is 11.5 Å². The Morgan fingerprint density at radius 2 is 2.08 bits per heavy atom. The van der Waals surface area contributed by atoms with Crippen LogP contribution in [0.15, 0.2) is 53.2 Å². The van der Waals surface area contributed by atoms with E-state index < -0.39 is 0 Å². The second kappa shape index (κ2) is 6.57. The SMILES string of the molecule is CC(c1nnc(-c2ccccc2)o1)N1CCCC1Cn1cccn1. The molecule has 2 unspecified atom stereocenters. The van der Waals surface area contributed by atoms with Gasteiger partial charge in [0.15, 0.2) is 0 Å². The van der Waals surface area contributed by atoms with Gasteiger partial charge < -0.3 is 4.42 Å². The largest absolute Gasteiger partial charge is 0.419 e. The molecule has 24 heavy (non-hydrogen) atoms. The smallest absolute Gasteiger partial charge is 0.247 e. The predicted octanol–water partition coefficient (Wildman–Crippen LogP) is 3.16. The van der Waals surface area contributed by atoms with E-state index in [1.54, 1.807) is 0 Å². The summed E-state index contributed by atoms with van der Waals surface area (Å²) in [5, 5.41) is 12.8. The van der Waals surface area contributed by atoms with E-state index in [0.29, 0.717) is 17.8 Å². The second-order valence-corrected chi connectivity index (χ2v) is 6.25. The first-order valence-corrected chi connectivity index (χ1v) is 8.43. The number of hydrogen-bond donors (Lipinski definition) is 0. The maximum absolute atomic E-state index is 5.94. The summed E-state index contributed by atoms with van der Waals surface area (Å²) >= 11 is 0. The third-order valence-electron chi connectivity index (χ3n) is 4.70. The summed E-state index contributed by atoms with van der Waals surface area (Å²) in [5.74, 6) is 1.27. The van der Waals surface area contributed by atoms with Crippen LogP contribution in [0.1, 0.15) is 31.7 Å². The van der Waals surface area contributed by atoms with E-state index in [9.17, 15) is 0 Å². The summed E-state index contributed by atoms with van der Waals surface area (Å²) in [6.45, 7) is 4.09. The molecule has 124 valence electrons. The average Bonchev–Trinajstić information content (AvgIpc) is 3.37. The first-order valence-electron chi connectivity index (χ1n) is 8.43. The Morgan fingerprint density at radius 1 is 1.21 bits per heavy atom. The fourth-order valence-electron chi connectivity index (χ4n) is 3.43. The van der Waals surface area contributed by atoms with Crippen molar-refractivity contribution in [3.05, 3.63) is 54.7 Å². The van der Waals surface area contributed by atoms with Crippen molar-refractivity contribution < 1.29 is 4.42 Å². The minimum atomic E-state index is 0.109. The van der Waals surface area contributed by atoms with E-state index in [4.69, 9.17) is 4.42 Å². The van der Waals surface area contributed by atoms with Gasteiger partial charge in [0.05, 0.1) is 12.6 Å². The highest BCUT2D eigenvalue weighted by molar-refractivity contribution is 5.51. The second-order valence-electron chi connectivity index (χ2n) is 6.25. The molecule has 1 aromatic carbocycles. The van der Waals surface area contributed by atoms with E-state index in [0.717, 1.165) is 18.7 Å². The highest BCUT2D eigenvalue weighted by Gasteiger charge is 2.32. The maximum atomic E-state index is 5.94. The van der Waals surface area contributed by atoms with Crippen LogP contribution in [0.5, 0.6) is 0 Å². The van der Waals surface area contributed by atoms with Gasteiger partial charge in [-0.25, -0.2) is 0 Å². The molecule has 0 radical (unpaired) electrons. The van der Waals surface area contributed by atoms with Gasteiger partial charge in [0.2, 0.25) is 11.8 Å². The Labute approximate surface area is 141 Å². The van der Waals surface area contributed by atoms with Crippen LogP contribution in [-0.4, -0.2) is 37.5 Å². The first-order chi connectivity index (χ1) is 11.8. The fourth-order valence-corrected chi connectivity index (χ4v) is 3.43. The van der Waals surface area contributed by atoms with Crippen LogP contribution in [-0.2, 0) is 6.54 Å². The van der Waals surface area contributed by atoms with Gasteiger partial charge >= 0.3 is 0 Å². The number of benzene rings is 1. The lowest BCUT2D eigenvalue weighted by Gasteiger charge is -2.28. The summed E-state index contributed by atoms with van der Waals surface area (Å²) in [5.41, 5.74) is 0.956. The molecule has 0 amide bonds. The minimum absolute atomic E-state index is 0.109. The maximum Gasteiger partial charge on any atom is 0.247 e. The molecule has 1 fully saturated rings. The monoisotopic (exact) mass is 323 g/mol. The quantitative estimate of drug-likeness (QED) is 0.722. The zero-order chi connectivity index (χ0) is 16.4. The Bertz CT molecular complexity index is 768. The number of hydrogen-bond acceptors (Lipinski definition) is 5. The third-order valence-corrected chi connectivity index (χ3v) is 4.70. The van der Waals surface area contributed by atoms with E-state index in [1.165, 1.54) is 12.8 Å². The predicted molar refractivity (Wildman–Crippen MR) is 90.1 cm³/mol. The van der Waals surface area contributed by atoms with Crippen LogP contribution in [0.3, 0.4) is 0 Å². The molecule has 0 bridgehead atoms. The molecule has 6 nitrogen and oxygen atoms in total. The van der Waals surface area contributed by atoms with E-state index in [2.05, 4.69) is 27.1 Å². The normalized spacial score (nSPS) is 19.6. The first kappa shape index (κ1) is 15.1. The third kappa shape index (κ3) is 2.97. The van der Waals surface area contributed by atoms with Gasteiger partial charge in [0.1, 0.15) is 0 Å². The number of rotatable bonds is 5. The lowest BCUT2D eigenvalue weighted by Crippen LogP contribution is -2.35. The molecule has 3 aromatic rings. The van der Waals surface area contributed by atoms with Gasteiger partial charge in [0, 0.05) is 24.0 Å². The summed E-state index contributed by atoms with van der Waals surface area (Å²) < 4.78 is 7.94. The topological polar surface area (TPSA) is 60.0 Å². The summed E-state index contributed by atoms with van der Waals surface area (Å²) in [6.07, 6.45) is 6.20. The number of likely N-dealkylation sites (tertiary alicyclic amines) is 1. The molecular formula is C18H21N5O. The van der Waals surface area contributed by atoms with Crippen LogP contribution < -0.4 is 0 Å². The van der Waals surface area contributed by atoms with Crippen LogP contribution in [0.25, 0.3) is 11.5 Å². The molecule has 6 heteroatoms. The number of aromatic nitrogens is 4. The van der Waals surface area contributed by atoms with Gasteiger partial charge in [-0.3, -0.25) is 9.58 Å². The van der Waals surface area contributed by atoms with Gasteiger partial charge in [0.25, 0.3) is 0 Å². The Balaban J connectivity index is 1.50. The van der Waals surface area contributed by atoms with E-state index >= 15 is 0 Å². The van der Waals surface area contributed by atoms with Crippen molar-refractivity contribution >= 4 is 0 Å². The molecule has 0 spiro atoms. The Morgan fingerprint density at radius 3 is 2.88 bits per heavy atom.